The van der Waals surface area contributed by atoms with Crippen LogP contribution in [0.5, 0.6) is 11.5 Å². The average Bonchev–Trinajstić information content (AvgIpc) is 2.47. The molecule has 2 N–H and O–H groups in total. The van der Waals surface area contributed by atoms with Crippen LogP contribution in [-0.2, 0) is 0 Å². The number of nitro groups is 1. The van der Waals surface area contributed by atoms with E-state index < -0.39 is 4.92 Å². The molecule has 2 aromatic carbocycles. The van der Waals surface area contributed by atoms with Crippen molar-refractivity contribution in [3.8, 4) is 11.5 Å². The van der Waals surface area contributed by atoms with Crippen molar-refractivity contribution >= 4 is 22.3 Å². The van der Waals surface area contributed by atoms with Crippen LogP contribution >= 0.6 is 0 Å². The summed E-state index contributed by atoms with van der Waals surface area (Å²) in [5, 5.41) is 11.8. The summed E-state index contributed by atoms with van der Waals surface area (Å²) in [6.45, 7) is 0. The van der Waals surface area contributed by atoms with Gasteiger partial charge in [-0.15, -0.1) is 0 Å². The van der Waals surface area contributed by atoms with Crippen LogP contribution in [0.2, 0.25) is 0 Å². The number of benzene rings is 2. The summed E-state index contributed by atoms with van der Waals surface area (Å²) in [5.41, 5.74) is 6.66. The van der Waals surface area contributed by atoms with Crippen LogP contribution in [-0.4, -0.2) is 9.91 Å². The third-order valence-electron chi connectivity index (χ3n) is 2.98. The number of aromatic nitrogens is 1. The number of hydrogen-bond donors (Lipinski definition) is 1. The van der Waals surface area contributed by atoms with Crippen molar-refractivity contribution in [3.05, 3.63) is 64.8 Å². The molecular formula is C15H11N3O3. The molecule has 6 nitrogen and oxygen atoms in total. The van der Waals surface area contributed by atoms with Crippen LogP contribution < -0.4 is 10.5 Å². The quantitative estimate of drug-likeness (QED) is 0.450. The van der Waals surface area contributed by atoms with Crippen molar-refractivity contribution < 1.29 is 9.66 Å². The van der Waals surface area contributed by atoms with Gasteiger partial charge < -0.3 is 10.5 Å². The number of rotatable bonds is 3. The fourth-order valence-corrected chi connectivity index (χ4v) is 2.04. The van der Waals surface area contributed by atoms with E-state index in [1.165, 1.54) is 6.20 Å². The van der Waals surface area contributed by atoms with E-state index in [1.807, 2.05) is 6.07 Å². The Morgan fingerprint density at radius 2 is 1.95 bits per heavy atom. The molecule has 6 heteroatoms. The lowest BCUT2D eigenvalue weighted by atomic mass is 10.2. The highest BCUT2D eigenvalue weighted by Gasteiger charge is 2.20. The molecule has 3 rings (SSSR count). The van der Waals surface area contributed by atoms with E-state index in [2.05, 4.69) is 4.98 Å². The van der Waals surface area contributed by atoms with Crippen molar-refractivity contribution in [1.82, 2.24) is 4.98 Å². The Bertz CT molecular complexity index is 833. The Hall–Kier alpha value is -3.15. The lowest BCUT2D eigenvalue weighted by Crippen LogP contribution is -1.96. The summed E-state index contributed by atoms with van der Waals surface area (Å²) in [6, 6.07) is 13.8. The molecule has 104 valence electrons. The normalized spacial score (nSPS) is 10.5. The maximum absolute atomic E-state index is 11.2. The lowest BCUT2D eigenvalue weighted by Gasteiger charge is -2.09. The first-order valence-electron chi connectivity index (χ1n) is 6.20. The molecule has 0 aliphatic carbocycles. The van der Waals surface area contributed by atoms with Crippen LogP contribution in [0.25, 0.3) is 10.9 Å². The van der Waals surface area contributed by atoms with Gasteiger partial charge in [0.25, 0.3) is 0 Å². The molecule has 0 aliphatic rings. The molecule has 21 heavy (non-hydrogen) atoms. The monoisotopic (exact) mass is 281 g/mol. The Balaban J connectivity index is 2.18. The fraction of sp³-hybridized carbons (Fsp3) is 0. The molecule has 1 aromatic heterocycles. The molecule has 0 unspecified atom stereocenters. The SMILES string of the molecule is Nc1cccc(Oc2c([N+](=O)[O-])cnc3ccccc23)c1. The average molecular weight is 281 g/mol. The number of nitrogens with two attached hydrogens (primary N) is 1. The number of nitrogen functional groups attached to an aromatic ring is 1. The number of hydrogen-bond acceptors (Lipinski definition) is 5. The minimum atomic E-state index is -0.513. The third kappa shape index (κ3) is 2.46. The van der Waals surface area contributed by atoms with Gasteiger partial charge in [-0.1, -0.05) is 18.2 Å². The van der Waals surface area contributed by atoms with Gasteiger partial charge in [0, 0.05) is 11.8 Å². The Kier molecular flexibility index (Phi) is 3.12. The molecule has 0 bridgehead atoms. The predicted molar refractivity (Wildman–Crippen MR) is 79.3 cm³/mol. The topological polar surface area (TPSA) is 91.3 Å². The first-order valence-corrected chi connectivity index (χ1v) is 6.20. The standard InChI is InChI=1S/C15H11N3O3/c16-10-4-3-5-11(8-10)21-15-12-6-1-2-7-13(12)17-9-14(15)18(19)20/h1-9H,16H2. The molecule has 0 fully saturated rings. The van der Waals surface area contributed by atoms with Crippen LogP contribution in [0.4, 0.5) is 11.4 Å². The Morgan fingerprint density at radius 3 is 2.71 bits per heavy atom. The third-order valence-corrected chi connectivity index (χ3v) is 2.98. The molecule has 0 atom stereocenters. The molecule has 0 amide bonds. The van der Waals surface area contributed by atoms with Gasteiger partial charge in [0.05, 0.1) is 15.8 Å². The van der Waals surface area contributed by atoms with Gasteiger partial charge in [0.15, 0.2) is 0 Å². The highest BCUT2D eigenvalue weighted by Crippen LogP contribution is 2.37. The van der Waals surface area contributed by atoms with Crippen molar-refractivity contribution in [2.45, 2.75) is 0 Å². The number of nitrogens with zero attached hydrogens (tertiary/aromatic N) is 2. The summed E-state index contributed by atoms with van der Waals surface area (Å²) in [4.78, 5) is 14.7. The van der Waals surface area contributed by atoms with E-state index in [9.17, 15) is 10.1 Å². The maximum atomic E-state index is 11.2. The van der Waals surface area contributed by atoms with Crippen LogP contribution in [0.15, 0.2) is 54.7 Å². The largest absolute Gasteiger partial charge is 0.449 e. The summed E-state index contributed by atoms with van der Waals surface area (Å²) in [5.74, 6) is 0.602. The van der Waals surface area contributed by atoms with Gasteiger partial charge in [0.2, 0.25) is 5.75 Å². The number of pyridine rings is 1. The number of para-hydroxylation sites is 1. The minimum absolute atomic E-state index is 0.163. The second-order valence-electron chi connectivity index (χ2n) is 4.42. The number of ether oxygens (including phenoxy) is 1. The van der Waals surface area contributed by atoms with Gasteiger partial charge in [-0.05, 0) is 24.3 Å². The molecule has 0 radical (unpaired) electrons. The maximum Gasteiger partial charge on any atom is 0.330 e. The zero-order chi connectivity index (χ0) is 14.8. The number of anilines is 1. The van der Waals surface area contributed by atoms with Crippen molar-refractivity contribution in [2.75, 3.05) is 5.73 Å². The van der Waals surface area contributed by atoms with E-state index >= 15 is 0 Å². The molecule has 0 saturated carbocycles. The van der Waals surface area contributed by atoms with E-state index in [-0.39, 0.29) is 11.4 Å². The van der Waals surface area contributed by atoms with Gasteiger partial charge in [-0.25, -0.2) is 4.98 Å². The molecule has 3 aromatic rings. The van der Waals surface area contributed by atoms with Gasteiger partial charge in [-0.3, -0.25) is 10.1 Å². The zero-order valence-electron chi connectivity index (χ0n) is 10.9. The van der Waals surface area contributed by atoms with Gasteiger partial charge >= 0.3 is 5.69 Å². The highest BCUT2D eigenvalue weighted by molar-refractivity contribution is 5.88. The van der Waals surface area contributed by atoms with Crippen molar-refractivity contribution in [3.63, 3.8) is 0 Å². The highest BCUT2D eigenvalue weighted by atomic mass is 16.6. The van der Waals surface area contributed by atoms with E-state index in [0.717, 1.165) is 0 Å². The summed E-state index contributed by atoms with van der Waals surface area (Å²) >= 11 is 0. The van der Waals surface area contributed by atoms with Crippen molar-refractivity contribution in [2.24, 2.45) is 0 Å². The first kappa shape index (κ1) is 12.9. The van der Waals surface area contributed by atoms with Crippen molar-refractivity contribution in [1.29, 1.82) is 0 Å². The van der Waals surface area contributed by atoms with Gasteiger partial charge in [0.1, 0.15) is 11.9 Å². The summed E-state index contributed by atoms with van der Waals surface area (Å²) < 4.78 is 5.70. The molecular weight excluding hydrogens is 270 g/mol. The van der Waals surface area contributed by atoms with Crippen LogP contribution in [0.1, 0.15) is 0 Å². The number of fused-ring (bicyclic) bond motifs is 1. The zero-order valence-corrected chi connectivity index (χ0v) is 10.9. The van der Waals surface area contributed by atoms with E-state index in [0.29, 0.717) is 22.3 Å². The molecule has 0 saturated heterocycles. The smallest absolute Gasteiger partial charge is 0.330 e. The Labute approximate surface area is 119 Å². The second kappa shape index (κ2) is 5.09. The molecule has 0 aliphatic heterocycles. The lowest BCUT2D eigenvalue weighted by molar-refractivity contribution is -0.385. The van der Waals surface area contributed by atoms with Crippen LogP contribution in [0.3, 0.4) is 0 Å². The fourth-order valence-electron chi connectivity index (χ4n) is 2.04. The minimum Gasteiger partial charge on any atom is -0.449 e. The predicted octanol–water partition coefficient (Wildman–Crippen LogP) is 3.52. The summed E-state index contributed by atoms with van der Waals surface area (Å²) in [7, 11) is 0. The summed E-state index contributed by atoms with van der Waals surface area (Å²) in [6.07, 6.45) is 1.20. The van der Waals surface area contributed by atoms with E-state index in [4.69, 9.17) is 10.5 Å². The van der Waals surface area contributed by atoms with E-state index in [1.54, 1.807) is 42.5 Å². The van der Waals surface area contributed by atoms with Gasteiger partial charge in [-0.2, -0.15) is 0 Å². The Morgan fingerprint density at radius 1 is 1.14 bits per heavy atom. The first-order chi connectivity index (χ1) is 10.1. The second-order valence-corrected chi connectivity index (χ2v) is 4.42. The van der Waals surface area contributed by atoms with Crippen LogP contribution in [0, 0.1) is 10.1 Å². The molecule has 1 heterocycles. The molecule has 0 spiro atoms.